The second-order valence-electron chi connectivity index (χ2n) is 6.83. The first kappa shape index (κ1) is 23.3. The fraction of sp³-hybridized carbons (Fsp3) is 0.889. The van der Waals surface area contributed by atoms with Crippen LogP contribution in [-0.4, -0.2) is 57.5 Å². The first-order valence-electron chi connectivity index (χ1n) is 9.76. The van der Waals surface area contributed by atoms with E-state index in [2.05, 4.69) is 20.9 Å². The van der Waals surface area contributed by atoms with Crippen molar-refractivity contribution < 1.29 is 14.3 Å². The van der Waals surface area contributed by atoms with Crippen LogP contribution in [0.4, 0.5) is 4.79 Å². The van der Waals surface area contributed by atoms with Crippen molar-refractivity contribution in [1.29, 1.82) is 0 Å². The number of aliphatic imine (C=N–C) groups is 1. The van der Waals surface area contributed by atoms with E-state index in [-0.39, 0.29) is 36.1 Å². The van der Waals surface area contributed by atoms with Gasteiger partial charge in [-0.3, -0.25) is 4.99 Å². The highest BCUT2D eigenvalue weighted by molar-refractivity contribution is 14.0. The number of carbonyl (C=O) groups excluding carboxylic acids is 1. The topological polar surface area (TPSA) is 84.0 Å². The molecule has 2 fully saturated rings. The maximum Gasteiger partial charge on any atom is 0.407 e. The summed E-state index contributed by atoms with van der Waals surface area (Å²) in [7, 11) is 0. The minimum atomic E-state index is -0.347. The lowest BCUT2D eigenvalue weighted by molar-refractivity contribution is 0.123. The molecule has 0 heterocycles. The number of nitrogens with zero attached hydrogens (tertiary/aromatic N) is 1. The minimum absolute atomic E-state index is 0. The maximum absolute atomic E-state index is 11.7. The summed E-state index contributed by atoms with van der Waals surface area (Å²) in [5, 5.41) is 9.52. The van der Waals surface area contributed by atoms with Gasteiger partial charge in [0.25, 0.3) is 0 Å². The van der Waals surface area contributed by atoms with Gasteiger partial charge in [0.2, 0.25) is 0 Å². The molecule has 0 aromatic rings. The molecule has 1 amide bonds. The highest BCUT2D eigenvalue weighted by Gasteiger charge is 2.32. The lowest BCUT2D eigenvalue weighted by Crippen LogP contribution is -2.42. The van der Waals surface area contributed by atoms with Gasteiger partial charge < -0.3 is 25.4 Å². The van der Waals surface area contributed by atoms with Gasteiger partial charge in [0, 0.05) is 26.3 Å². The molecular formula is C18H35IN4O3. The van der Waals surface area contributed by atoms with Gasteiger partial charge in [-0.25, -0.2) is 4.79 Å². The number of carbonyl (C=O) groups is 1. The van der Waals surface area contributed by atoms with E-state index in [1.54, 1.807) is 0 Å². The normalized spacial score (nSPS) is 17.8. The van der Waals surface area contributed by atoms with Gasteiger partial charge in [-0.2, -0.15) is 0 Å². The van der Waals surface area contributed by atoms with Crippen LogP contribution >= 0.6 is 24.0 Å². The zero-order valence-electron chi connectivity index (χ0n) is 16.1. The molecule has 0 radical (unpaired) electrons. The van der Waals surface area contributed by atoms with Crippen molar-refractivity contribution in [2.24, 2.45) is 16.8 Å². The molecule has 1 unspecified atom stereocenters. The Bertz CT molecular complexity index is 429. The number of guanidine groups is 1. The molecule has 0 aromatic heterocycles. The van der Waals surface area contributed by atoms with E-state index in [9.17, 15) is 4.79 Å². The van der Waals surface area contributed by atoms with E-state index < -0.39 is 0 Å². The van der Waals surface area contributed by atoms with Crippen LogP contribution in [0.2, 0.25) is 0 Å². The van der Waals surface area contributed by atoms with Crippen LogP contribution in [0.3, 0.4) is 0 Å². The van der Waals surface area contributed by atoms with Gasteiger partial charge in [-0.1, -0.05) is 0 Å². The maximum atomic E-state index is 11.7. The van der Waals surface area contributed by atoms with Crippen LogP contribution < -0.4 is 16.0 Å². The van der Waals surface area contributed by atoms with Gasteiger partial charge >= 0.3 is 6.09 Å². The van der Waals surface area contributed by atoms with Crippen molar-refractivity contribution in [3.05, 3.63) is 0 Å². The van der Waals surface area contributed by atoms with Gasteiger partial charge in [0.15, 0.2) is 5.96 Å². The Kier molecular flexibility index (Phi) is 12.0. The number of ether oxygens (including phenoxy) is 2. The summed E-state index contributed by atoms with van der Waals surface area (Å²) < 4.78 is 10.6. The van der Waals surface area contributed by atoms with Crippen molar-refractivity contribution in [3.63, 3.8) is 0 Å². The largest absolute Gasteiger partial charge is 0.450 e. The van der Waals surface area contributed by atoms with Crippen LogP contribution in [0, 0.1) is 11.8 Å². The molecule has 0 bridgehead atoms. The molecule has 152 valence electrons. The highest BCUT2D eigenvalue weighted by Crippen LogP contribution is 2.32. The number of nitrogens with one attached hydrogen (secondary N) is 3. The number of alkyl carbamates (subject to hydrolysis) is 1. The number of hydrogen-bond donors (Lipinski definition) is 3. The van der Waals surface area contributed by atoms with E-state index >= 15 is 0 Å². The second-order valence-corrected chi connectivity index (χ2v) is 6.83. The van der Waals surface area contributed by atoms with Gasteiger partial charge in [0.1, 0.15) is 0 Å². The molecule has 2 saturated carbocycles. The zero-order chi connectivity index (χ0) is 17.9. The van der Waals surface area contributed by atoms with Crippen LogP contribution in [0.5, 0.6) is 0 Å². The van der Waals surface area contributed by atoms with E-state index in [4.69, 9.17) is 9.47 Å². The SMILES string of the molecule is CCNC(=NCC(NC(=O)OCC)C1CC1)NCCCOCC1CC1.I. The predicted octanol–water partition coefficient (Wildman–Crippen LogP) is 2.50. The summed E-state index contributed by atoms with van der Waals surface area (Å²) in [6, 6.07) is 0.0522. The third-order valence-electron chi connectivity index (χ3n) is 4.37. The number of rotatable bonds is 12. The molecule has 0 aromatic carbocycles. The molecule has 26 heavy (non-hydrogen) atoms. The van der Waals surface area contributed by atoms with Crippen molar-refractivity contribution in [2.45, 2.75) is 52.0 Å². The van der Waals surface area contributed by atoms with E-state index in [0.29, 0.717) is 19.1 Å². The third-order valence-corrected chi connectivity index (χ3v) is 4.37. The Balaban J connectivity index is 0.00000338. The molecule has 2 aliphatic carbocycles. The standard InChI is InChI=1S/C18H34N4O3.HI/c1-3-19-17(20-10-5-11-24-13-14-6-7-14)21-12-16(15-8-9-15)22-18(23)25-4-2;/h14-16H,3-13H2,1-2H3,(H,22,23)(H2,19,20,21);1H. The quantitative estimate of drug-likeness (QED) is 0.172. The summed E-state index contributed by atoms with van der Waals surface area (Å²) in [4.78, 5) is 16.3. The number of hydrogen-bond acceptors (Lipinski definition) is 4. The Morgan fingerprint density at radius 1 is 1.19 bits per heavy atom. The Morgan fingerprint density at radius 3 is 2.58 bits per heavy atom. The fourth-order valence-electron chi connectivity index (χ4n) is 2.58. The molecular weight excluding hydrogens is 447 g/mol. The summed E-state index contributed by atoms with van der Waals surface area (Å²) in [6.45, 7) is 8.15. The van der Waals surface area contributed by atoms with Crippen molar-refractivity contribution in [3.8, 4) is 0 Å². The monoisotopic (exact) mass is 482 g/mol. The van der Waals surface area contributed by atoms with Gasteiger partial charge in [-0.05, 0) is 57.8 Å². The average Bonchev–Trinajstić information content (AvgIpc) is 3.47. The molecule has 0 aliphatic heterocycles. The van der Waals surface area contributed by atoms with Crippen LogP contribution in [0.1, 0.15) is 46.0 Å². The fourth-order valence-corrected chi connectivity index (χ4v) is 2.58. The van der Waals surface area contributed by atoms with Crippen molar-refractivity contribution in [1.82, 2.24) is 16.0 Å². The van der Waals surface area contributed by atoms with Crippen LogP contribution in [0.15, 0.2) is 4.99 Å². The van der Waals surface area contributed by atoms with Crippen molar-refractivity contribution in [2.75, 3.05) is 39.5 Å². The van der Waals surface area contributed by atoms with Crippen molar-refractivity contribution >= 4 is 36.0 Å². The number of amides is 1. The third kappa shape index (κ3) is 10.4. The molecule has 3 N–H and O–H groups in total. The second kappa shape index (κ2) is 13.4. The van der Waals surface area contributed by atoms with Crippen LogP contribution in [0.25, 0.3) is 0 Å². The Hall–Kier alpha value is -0.770. The molecule has 2 aliphatic rings. The first-order chi connectivity index (χ1) is 12.2. The average molecular weight is 482 g/mol. The van der Waals surface area contributed by atoms with Crippen LogP contribution in [-0.2, 0) is 9.47 Å². The number of halogens is 1. The van der Waals surface area contributed by atoms with E-state index in [1.807, 2.05) is 13.8 Å². The smallest absolute Gasteiger partial charge is 0.407 e. The molecule has 2 rings (SSSR count). The molecule has 8 heteroatoms. The summed E-state index contributed by atoms with van der Waals surface area (Å²) >= 11 is 0. The predicted molar refractivity (Wildman–Crippen MR) is 114 cm³/mol. The lowest BCUT2D eigenvalue weighted by atomic mass is 10.2. The summed E-state index contributed by atoms with van der Waals surface area (Å²) in [5.41, 5.74) is 0. The summed E-state index contributed by atoms with van der Waals surface area (Å²) in [6.07, 6.45) is 5.57. The molecule has 7 nitrogen and oxygen atoms in total. The Morgan fingerprint density at radius 2 is 1.96 bits per heavy atom. The van der Waals surface area contributed by atoms with Gasteiger partial charge in [-0.15, -0.1) is 24.0 Å². The van der Waals surface area contributed by atoms with E-state index in [0.717, 1.165) is 57.4 Å². The highest BCUT2D eigenvalue weighted by atomic mass is 127. The molecule has 0 spiro atoms. The molecule has 0 saturated heterocycles. The van der Waals surface area contributed by atoms with Gasteiger partial charge in [0.05, 0.1) is 19.2 Å². The first-order valence-corrected chi connectivity index (χ1v) is 9.76. The lowest BCUT2D eigenvalue weighted by Gasteiger charge is -2.17. The summed E-state index contributed by atoms with van der Waals surface area (Å²) in [5.74, 6) is 2.13. The minimum Gasteiger partial charge on any atom is -0.450 e. The molecule has 1 atom stereocenters. The van der Waals surface area contributed by atoms with E-state index in [1.165, 1.54) is 12.8 Å². The Labute approximate surface area is 174 Å². The zero-order valence-corrected chi connectivity index (χ0v) is 18.4.